The van der Waals surface area contributed by atoms with Gasteiger partial charge in [-0.05, 0) is 31.7 Å². The summed E-state index contributed by atoms with van der Waals surface area (Å²) in [5, 5.41) is -2.56. The molecule has 1 unspecified atom stereocenters. The van der Waals surface area contributed by atoms with Crippen LogP contribution >= 0.6 is 18.3 Å². The van der Waals surface area contributed by atoms with Gasteiger partial charge in [0.2, 0.25) is 0 Å². The Morgan fingerprint density at radius 2 is 2.38 bits per heavy atom. The SMILES string of the molecule is CC(C)OP1(=S)OC[C@H]2O[C@@H](n3ccc(N)nc3=O)[C@](F)(Cl)[C@@H]2O1. The Kier molecular flexibility index (Phi) is 4.76. The van der Waals surface area contributed by atoms with E-state index in [1.807, 2.05) is 0 Å². The Hall–Kier alpha value is -0.610. The predicted octanol–water partition coefficient (Wildman–Crippen LogP) is 1.69. The highest BCUT2D eigenvalue weighted by atomic mass is 35.5. The first-order valence-corrected chi connectivity index (χ1v) is 10.0. The number of anilines is 1. The Morgan fingerprint density at radius 1 is 1.67 bits per heavy atom. The molecule has 1 aromatic rings. The summed E-state index contributed by atoms with van der Waals surface area (Å²) in [5.74, 6) is 0.00566. The minimum absolute atomic E-state index is 0.00566. The summed E-state index contributed by atoms with van der Waals surface area (Å²) in [5.41, 5.74) is 4.64. The molecule has 0 aromatic carbocycles. The predicted molar refractivity (Wildman–Crippen MR) is 87.8 cm³/mol. The molecule has 3 rings (SSSR count). The molecule has 1 aromatic heterocycles. The first-order chi connectivity index (χ1) is 11.1. The Morgan fingerprint density at radius 3 is 3.00 bits per heavy atom. The molecular weight excluding hydrogens is 384 g/mol. The molecule has 2 fully saturated rings. The molecule has 134 valence electrons. The second-order valence-electron chi connectivity index (χ2n) is 5.67. The number of hydrogen-bond donors (Lipinski definition) is 1. The third kappa shape index (κ3) is 3.24. The van der Waals surface area contributed by atoms with Crippen molar-refractivity contribution in [1.82, 2.24) is 9.55 Å². The van der Waals surface area contributed by atoms with Gasteiger partial charge < -0.3 is 19.5 Å². The summed E-state index contributed by atoms with van der Waals surface area (Å²) in [6, 6.07) is 1.34. The van der Waals surface area contributed by atoms with Gasteiger partial charge in [-0.25, -0.2) is 9.18 Å². The van der Waals surface area contributed by atoms with Crippen molar-refractivity contribution >= 4 is 35.9 Å². The van der Waals surface area contributed by atoms with Gasteiger partial charge in [-0.1, -0.05) is 11.6 Å². The lowest BCUT2D eigenvalue weighted by molar-refractivity contribution is -0.0656. The van der Waals surface area contributed by atoms with Gasteiger partial charge >= 0.3 is 12.4 Å². The van der Waals surface area contributed by atoms with Crippen LogP contribution in [0, 0.1) is 0 Å². The van der Waals surface area contributed by atoms with Crippen LogP contribution < -0.4 is 11.4 Å². The molecule has 0 radical (unpaired) electrons. The number of nitrogens with two attached hydrogens (primary N) is 1. The van der Waals surface area contributed by atoms with E-state index < -0.39 is 36.0 Å². The number of hydrogen-bond acceptors (Lipinski definition) is 8. The van der Waals surface area contributed by atoms with E-state index in [4.69, 9.17) is 47.4 Å². The van der Waals surface area contributed by atoms with Crippen LogP contribution in [0.4, 0.5) is 10.2 Å². The molecule has 2 aliphatic heterocycles. The summed E-state index contributed by atoms with van der Waals surface area (Å²) in [4.78, 5) is 15.5. The van der Waals surface area contributed by atoms with E-state index in [0.29, 0.717) is 0 Å². The summed E-state index contributed by atoms with van der Waals surface area (Å²) in [7, 11) is 0. The zero-order valence-electron chi connectivity index (χ0n) is 12.8. The number of nitrogen functional groups attached to an aromatic ring is 1. The van der Waals surface area contributed by atoms with Crippen LogP contribution in [0.15, 0.2) is 17.1 Å². The molecule has 2 N–H and O–H groups in total. The van der Waals surface area contributed by atoms with Crippen molar-refractivity contribution in [2.75, 3.05) is 12.3 Å². The van der Waals surface area contributed by atoms with Gasteiger partial charge in [0.25, 0.3) is 5.13 Å². The Bertz CT molecular complexity index is 748. The van der Waals surface area contributed by atoms with Gasteiger partial charge in [-0.2, -0.15) is 4.98 Å². The van der Waals surface area contributed by atoms with Crippen LogP contribution in [-0.2, 0) is 30.1 Å². The molecular formula is C12H16ClFN3O5PS. The molecule has 8 nitrogen and oxygen atoms in total. The average Bonchev–Trinajstić information content (AvgIpc) is 2.69. The summed E-state index contributed by atoms with van der Waals surface area (Å²) >= 11 is 11.3. The standard InChI is InChI=1S/C12H16ClFN3O5PS/c1-6(2)21-23(24)19-5-7-9(22-23)12(13,14)10(20-7)17-4-3-8(15)16-11(17)18/h3-4,6-7,9-10H,5H2,1-2H3,(H2,15,16,18)/t7-,9-,10-,12+,23?/m1/s1. The van der Waals surface area contributed by atoms with E-state index in [9.17, 15) is 4.79 Å². The fourth-order valence-corrected chi connectivity index (χ4v) is 5.45. The van der Waals surface area contributed by atoms with E-state index >= 15 is 4.39 Å². The van der Waals surface area contributed by atoms with Crippen molar-refractivity contribution in [3.8, 4) is 0 Å². The number of rotatable bonds is 3. The fourth-order valence-electron chi connectivity index (χ4n) is 2.48. The number of fused-ring (bicyclic) bond motifs is 1. The molecule has 0 aliphatic carbocycles. The summed E-state index contributed by atoms with van der Waals surface area (Å²) in [6.07, 6.45) is -2.55. The molecule has 5 atom stereocenters. The molecule has 2 saturated heterocycles. The second kappa shape index (κ2) is 6.28. The van der Waals surface area contributed by atoms with E-state index in [1.54, 1.807) is 13.8 Å². The smallest absolute Gasteiger partial charge is 0.351 e. The number of aromatic nitrogens is 2. The number of alkyl halides is 2. The second-order valence-corrected chi connectivity index (χ2v) is 9.16. The number of nitrogens with zero attached hydrogens (tertiary/aromatic N) is 2. The van der Waals surface area contributed by atoms with E-state index in [-0.39, 0.29) is 18.5 Å². The topological polar surface area (TPSA) is 97.8 Å². The average molecular weight is 400 g/mol. The largest absolute Gasteiger partial charge is 0.383 e. The Balaban J connectivity index is 1.90. The van der Waals surface area contributed by atoms with Gasteiger partial charge in [-0.15, -0.1) is 0 Å². The Labute approximate surface area is 147 Å². The minimum Gasteiger partial charge on any atom is -0.383 e. The molecule has 0 spiro atoms. The highest BCUT2D eigenvalue weighted by Gasteiger charge is 2.62. The maximum Gasteiger partial charge on any atom is 0.351 e. The highest BCUT2D eigenvalue weighted by Crippen LogP contribution is 2.61. The van der Waals surface area contributed by atoms with Crippen molar-refractivity contribution in [1.29, 1.82) is 0 Å². The van der Waals surface area contributed by atoms with Gasteiger partial charge in [-0.3, -0.25) is 9.09 Å². The van der Waals surface area contributed by atoms with Gasteiger partial charge in [0.15, 0.2) is 6.23 Å². The lowest BCUT2D eigenvalue weighted by atomic mass is 10.1. The van der Waals surface area contributed by atoms with Crippen LogP contribution in [0.1, 0.15) is 20.1 Å². The normalized spacial score (nSPS) is 39.1. The monoisotopic (exact) mass is 399 g/mol. The quantitative estimate of drug-likeness (QED) is 0.605. The molecule has 12 heteroatoms. The van der Waals surface area contributed by atoms with E-state index in [1.165, 1.54) is 12.3 Å². The van der Waals surface area contributed by atoms with Crippen molar-refractivity contribution in [3.05, 3.63) is 22.7 Å². The van der Waals surface area contributed by atoms with E-state index in [0.717, 1.165) is 4.57 Å². The maximum absolute atomic E-state index is 15.2. The van der Waals surface area contributed by atoms with Crippen molar-refractivity contribution in [3.63, 3.8) is 0 Å². The molecule has 3 heterocycles. The van der Waals surface area contributed by atoms with E-state index in [2.05, 4.69) is 4.98 Å². The third-order valence-electron chi connectivity index (χ3n) is 3.43. The minimum atomic E-state index is -3.15. The maximum atomic E-state index is 15.2. The van der Waals surface area contributed by atoms with Crippen LogP contribution in [0.3, 0.4) is 0 Å². The number of ether oxygens (including phenoxy) is 1. The number of halogens is 2. The third-order valence-corrected chi connectivity index (χ3v) is 6.30. The first kappa shape index (κ1) is 18.2. The molecule has 0 saturated carbocycles. The van der Waals surface area contributed by atoms with Crippen molar-refractivity contribution in [2.24, 2.45) is 0 Å². The molecule has 24 heavy (non-hydrogen) atoms. The zero-order chi connectivity index (χ0) is 17.7. The fraction of sp³-hybridized carbons (Fsp3) is 0.667. The van der Waals surface area contributed by atoms with Crippen molar-refractivity contribution in [2.45, 2.75) is 43.5 Å². The lowest BCUT2D eigenvalue weighted by Gasteiger charge is -2.35. The zero-order valence-corrected chi connectivity index (χ0v) is 15.3. The van der Waals surface area contributed by atoms with Gasteiger partial charge in [0, 0.05) is 6.20 Å². The van der Waals surface area contributed by atoms with Crippen LogP contribution in [-0.4, -0.2) is 39.6 Å². The summed E-state index contributed by atoms with van der Waals surface area (Å²) < 4.78 is 38.1. The van der Waals surface area contributed by atoms with Crippen LogP contribution in [0.25, 0.3) is 0 Å². The molecule has 0 bridgehead atoms. The lowest BCUT2D eigenvalue weighted by Crippen LogP contribution is -2.44. The van der Waals surface area contributed by atoms with Gasteiger partial charge in [0.05, 0.1) is 12.7 Å². The molecule has 2 aliphatic rings. The summed E-state index contributed by atoms with van der Waals surface area (Å²) in [6.45, 7) is 0.301. The highest BCUT2D eigenvalue weighted by molar-refractivity contribution is 8.07. The van der Waals surface area contributed by atoms with Crippen LogP contribution in [0.5, 0.6) is 0 Å². The first-order valence-electron chi connectivity index (χ1n) is 7.12. The molecule has 0 amide bonds. The van der Waals surface area contributed by atoms with Crippen molar-refractivity contribution < 1.29 is 22.7 Å². The van der Waals surface area contributed by atoms with Gasteiger partial charge in [0.1, 0.15) is 18.0 Å². The van der Waals surface area contributed by atoms with Crippen LogP contribution in [0.2, 0.25) is 0 Å².